The predicted molar refractivity (Wildman–Crippen MR) is 120 cm³/mol. The molecule has 1 N–H and O–H groups in total. The fraction of sp³-hybridized carbons (Fsp3) is 0.333. The summed E-state index contributed by atoms with van der Waals surface area (Å²) in [7, 11) is 0. The summed E-state index contributed by atoms with van der Waals surface area (Å²) in [5.74, 6) is -0.729. The molecule has 2 aromatic carbocycles. The number of benzene rings is 2. The van der Waals surface area contributed by atoms with Gasteiger partial charge in [-0.2, -0.15) is 0 Å². The zero-order valence-corrected chi connectivity index (χ0v) is 17.9. The highest BCUT2D eigenvalue weighted by atomic mass is 32.1. The number of fused-ring (bicyclic) bond motifs is 2. The Kier molecular flexibility index (Phi) is 5.28. The number of anilines is 1. The lowest BCUT2D eigenvalue weighted by Gasteiger charge is -2.19. The van der Waals surface area contributed by atoms with Gasteiger partial charge in [0.25, 0.3) is 0 Å². The molecule has 6 nitrogen and oxygen atoms in total. The Morgan fingerprint density at radius 1 is 1.00 bits per heavy atom. The van der Waals surface area contributed by atoms with E-state index < -0.39 is 0 Å². The molecule has 2 heterocycles. The van der Waals surface area contributed by atoms with E-state index in [-0.39, 0.29) is 42.5 Å². The first-order valence-electron chi connectivity index (χ1n) is 10.7. The topological polar surface area (TPSA) is 79.4 Å². The van der Waals surface area contributed by atoms with E-state index in [1.165, 1.54) is 4.90 Å². The number of imide groups is 1. The van der Waals surface area contributed by atoms with Crippen LogP contribution in [0.5, 0.6) is 0 Å². The van der Waals surface area contributed by atoms with Crippen LogP contribution >= 0.6 is 11.3 Å². The maximum Gasteiger partial charge on any atom is 0.233 e. The second-order valence-electron chi connectivity index (χ2n) is 8.19. The monoisotopic (exact) mass is 433 g/mol. The van der Waals surface area contributed by atoms with Gasteiger partial charge in [0.15, 0.2) is 0 Å². The summed E-state index contributed by atoms with van der Waals surface area (Å²) >= 11 is 1.63. The lowest BCUT2D eigenvalue weighted by molar-refractivity contribution is -0.140. The van der Waals surface area contributed by atoms with Crippen LogP contribution in [-0.2, 0) is 14.4 Å². The van der Waals surface area contributed by atoms with Crippen LogP contribution < -0.4 is 5.32 Å². The van der Waals surface area contributed by atoms with Crippen molar-refractivity contribution in [2.75, 3.05) is 11.9 Å². The molecule has 0 bridgehead atoms. The van der Waals surface area contributed by atoms with E-state index in [1.54, 1.807) is 11.3 Å². The van der Waals surface area contributed by atoms with E-state index >= 15 is 0 Å². The van der Waals surface area contributed by atoms with Crippen molar-refractivity contribution in [3.8, 4) is 10.6 Å². The summed E-state index contributed by atoms with van der Waals surface area (Å²) in [6.07, 6.45) is 3.69. The Labute approximate surface area is 184 Å². The molecule has 0 radical (unpaired) electrons. The Bertz CT molecular complexity index is 1100. The summed E-state index contributed by atoms with van der Waals surface area (Å²) in [6, 6.07) is 15.6. The van der Waals surface area contributed by atoms with Crippen LogP contribution in [0.3, 0.4) is 0 Å². The van der Waals surface area contributed by atoms with Gasteiger partial charge < -0.3 is 5.32 Å². The fourth-order valence-electron chi connectivity index (χ4n) is 4.58. The van der Waals surface area contributed by atoms with E-state index in [0.29, 0.717) is 5.69 Å². The number of thiazole rings is 1. The average molecular weight is 434 g/mol. The van der Waals surface area contributed by atoms with E-state index in [1.807, 2.05) is 42.5 Å². The number of amides is 3. The number of aromatic nitrogens is 1. The van der Waals surface area contributed by atoms with E-state index in [4.69, 9.17) is 0 Å². The molecule has 0 spiro atoms. The third-order valence-corrected chi connectivity index (χ3v) is 7.29. The normalized spacial score (nSPS) is 20.8. The molecule has 3 amide bonds. The Morgan fingerprint density at radius 3 is 2.35 bits per heavy atom. The number of carbonyl (C=O) groups is 3. The summed E-state index contributed by atoms with van der Waals surface area (Å²) in [4.78, 5) is 43.4. The van der Waals surface area contributed by atoms with Crippen LogP contribution in [0.25, 0.3) is 20.8 Å². The maximum absolute atomic E-state index is 12.5. The Balaban J connectivity index is 1.19. The number of hydrogen-bond donors (Lipinski definition) is 1. The van der Waals surface area contributed by atoms with Gasteiger partial charge in [0, 0.05) is 24.2 Å². The fourth-order valence-corrected chi connectivity index (χ4v) is 5.55. The third-order valence-electron chi connectivity index (χ3n) is 6.20. The van der Waals surface area contributed by atoms with Crippen LogP contribution in [0.4, 0.5) is 5.69 Å². The average Bonchev–Trinajstić information content (AvgIpc) is 3.33. The van der Waals surface area contributed by atoms with Crippen molar-refractivity contribution >= 4 is 45.0 Å². The number of hydrogen-bond acceptors (Lipinski definition) is 5. The molecular formula is C24H23N3O3S. The van der Waals surface area contributed by atoms with Crippen molar-refractivity contribution in [3.05, 3.63) is 48.5 Å². The van der Waals surface area contributed by atoms with Crippen LogP contribution in [0.15, 0.2) is 48.5 Å². The second kappa shape index (κ2) is 8.23. The molecule has 1 aromatic heterocycles. The van der Waals surface area contributed by atoms with Crippen LogP contribution in [0, 0.1) is 11.8 Å². The lowest BCUT2D eigenvalue weighted by atomic mass is 9.81. The van der Waals surface area contributed by atoms with Crippen molar-refractivity contribution in [2.45, 2.75) is 32.1 Å². The minimum Gasteiger partial charge on any atom is -0.326 e. The molecule has 2 unspecified atom stereocenters. The lowest BCUT2D eigenvalue weighted by Crippen LogP contribution is -2.34. The van der Waals surface area contributed by atoms with Crippen molar-refractivity contribution in [2.24, 2.45) is 11.8 Å². The summed E-state index contributed by atoms with van der Waals surface area (Å²) in [5, 5.41) is 3.80. The van der Waals surface area contributed by atoms with E-state index in [0.717, 1.165) is 46.5 Å². The Hall–Kier alpha value is -3.06. The highest BCUT2D eigenvalue weighted by molar-refractivity contribution is 7.21. The molecule has 3 aromatic rings. The maximum atomic E-state index is 12.5. The van der Waals surface area contributed by atoms with Gasteiger partial charge in [-0.3, -0.25) is 19.3 Å². The minimum atomic E-state index is -0.205. The number of likely N-dealkylation sites (tertiary alicyclic amines) is 1. The first-order valence-corrected chi connectivity index (χ1v) is 11.5. The molecule has 1 saturated heterocycles. The Morgan fingerprint density at radius 2 is 1.68 bits per heavy atom. The predicted octanol–water partition coefficient (Wildman–Crippen LogP) is 4.47. The molecule has 1 aliphatic carbocycles. The van der Waals surface area contributed by atoms with Crippen molar-refractivity contribution in [3.63, 3.8) is 0 Å². The molecule has 31 heavy (non-hydrogen) atoms. The van der Waals surface area contributed by atoms with Crippen LogP contribution in [-0.4, -0.2) is 34.2 Å². The third kappa shape index (κ3) is 3.85. The van der Waals surface area contributed by atoms with Gasteiger partial charge in [0.1, 0.15) is 5.01 Å². The minimum absolute atomic E-state index is 0.0947. The first-order chi connectivity index (χ1) is 15.1. The van der Waals surface area contributed by atoms with Gasteiger partial charge in [-0.05, 0) is 49.2 Å². The van der Waals surface area contributed by atoms with Gasteiger partial charge in [0.05, 0.1) is 22.1 Å². The molecular weight excluding hydrogens is 410 g/mol. The van der Waals surface area contributed by atoms with Gasteiger partial charge >= 0.3 is 0 Å². The molecule has 2 aliphatic rings. The quantitative estimate of drug-likeness (QED) is 0.602. The molecule has 1 aliphatic heterocycles. The molecule has 5 rings (SSSR count). The number of nitrogens with one attached hydrogen (secondary N) is 1. The smallest absolute Gasteiger partial charge is 0.233 e. The van der Waals surface area contributed by atoms with Crippen LogP contribution in [0.1, 0.15) is 32.1 Å². The van der Waals surface area contributed by atoms with Gasteiger partial charge in [-0.25, -0.2) is 4.98 Å². The van der Waals surface area contributed by atoms with E-state index in [2.05, 4.69) is 16.4 Å². The molecule has 2 fully saturated rings. The summed E-state index contributed by atoms with van der Waals surface area (Å²) in [5.41, 5.74) is 2.66. The summed E-state index contributed by atoms with van der Waals surface area (Å²) in [6.45, 7) is 0.153. The van der Waals surface area contributed by atoms with Crippen molar-refractivity contribution in [1.82, 2.24) is 9.88 Å². The number of para-hydroxylation sites is 1. The molecule has 158 valence electrons. The zero-order chi connectivity index (χ0) is 21.4. The number of nitrogens with zero attached hydrogens (tertiary/aromatic N) is 2. The van der Waals surface area contributed by atoms with Crippen LogP contribution in [0.2, 0.25) is 0 Å². The molecule has 1 saturated carbocycles. The van der Waals surface area contributed by atoms with Gasteiger partial charge in [0.2, 0.25) is 17.7 Å². The summed E-state index contributed by atoms with van der Waals surface area (Å²) < 4.78 is 1.14. The first kappa shape index (κ1) is 19.9. The SMILES string of the molecule is O=C(CCN1C(=O)C2CCCCC2C1=O)Nc1ccc(-c2nc3ccccc3s2)cc1. The van der Waals surface area contributed by atoms with Gasteiger partial charge in [-0.15, -0.1) is 11.3 Å². The molecule has 7 heteroatoms. The number of carbonyl (C=O) groups excluding carboxylic acids is 3. The van der Waals surface area contributed by atoms with Crippen molar-refractivity contribution < 1.29 is 14.4 Å². The van der Waals surface area contributed by atoms with E-state index in [9.17, 15) is 14.4 Å². The molecule has 2 atom stereocenters. The second-order valence-corrected chi connectivity index (χ2v) is 9.22. The largest absolute Gasteiger partial charge is 0.326 e. The van der Waals surface area contributed by atoms with Crippen molar-refractivity contribution in [1.29, 1.82) is 0 Å². The standard InChI is InChI=1S/C24H23N3O3S/c28-21(13-14-27-23(29)17-5-1-2-6-18(17)24(27)30)25-16-11-9-15(10-12-16)22-26-19-7-3-4-8-20(19)31-22/h3-4,7-12,17-18H,1-2,5-6,13-14H2,(H,25,28). The van der Waals surface area contributed by atoms with Gasteiger partial charge in [-0.1, -0.05) is 25.0 Å². The highest BCUT2D eigenvalue weighted by Crippen LogP contribution is 2.38. The zero-order valence-electron chi connectivity index (χ0n) is 17.0. The number of rotatable bonds is 5. The highest BCUT2D eigenvalue weighted by Gasteiger charge is 2.47.